The van der Waals surface area contributed by atoms with E-state index in [2.05, 4.69) is 5.32 Å². The van der Waals surface area contributed by atoms with Gasteiger partial charge >= 0.3 is 0 Å². The molecule has 1 aromatic carbocycles. The first-order chi connectivity index (χ1) is 10.6. The summed E-state index contributed by atoms with van der Waals surface area (Å²) < 4.78 is 25.1. The molecule has 2 rings (SSSR count). The van der Waals surface area contributed by atoms with Crippen LogP contribution in [0.2, 0.25) is 0 Å². The van der Waals surface area contributed by atoms with Crippen LogP contribution in [0.15, 0.2) is 24.3 Å². The van der Waals surface area contributed by atoms with E-state index in [4.69, 9.17) is 0 Å². The lowest BCUT2D eigenvalue weighted by Gasteiger charge is -2.22. The van der Waals surface area contributed by atoms with Crippen LogP contribution in [0.25, 0.3) is 0 Å². The van der Waals surface area contributed by atoms with Crippen LogP contribution in [-0.2, 0) is 21.3 Å². The van der Waals surface area contributed by atoms with Crippen LogP contribution >= 0.6 is 0 Å². The molecule has 0 saturated heterocycles. The van der Waals surface area contributed by atoms with Crippen molar-refractivity contribution in [2.75, 3.05) is 6.54 Å². The van der Waals surface area contributed by atoms with Crippen LogP contribution < -0.4 is 5.32 Å². The number of amides is 1. The third-order valence-electron chi connectivity index (χ3n) is 4.28. The number of carbonyl (C=O) groups excluding carboxylic acids is 1. The van der Waals surface area contributed by atoms with Gasteiger partial charge in [0.05, 0.1) is 0 Å². The number of hydrogen-bond donors (Lipinski definition) is 1. The van der Waals surface area contributed by atoms with E-state index in [1.807, 2.05) is 0 Å². The second-order valence-electron chi connectivity index (χ2n) is 6.04. The minimum Gasteiger partial charge on any atom is -0.355 e. The van der Waals surface area contributed by atoms with Crippen molar-refractivity contribution in [3.63, 3.8) is 0 Å². The first-order valence-corrected chi connectivity index (χ1v) is 9.34. The average molecular weight is 325 g/mol. The molecule has 0 bridgehead atoms. The van der Waals surface area contributed by atoms with Crippen LogP contribution in [0.5, 0.6) is 0 Å². The molecule has 2 unspecified atom stereocenters. The molecule has 0 aliphatic heterocycles. The molecule has 0 heterocycles. The zero-order chi connectivity index (χ0) is 15.9. The summed E-state index contributed by atoms with van der Waals surface area (Å²) in [4.78, 5) is 12.1. The third kappa shape index (κ3) is 5.20. The fourth-order valence-corrected chi connectivity index (χ4v) is 3.86. The normalized spacial score (nSPS) is 18.6. The van der Waals surface area contributed by atoms with E-state index in [-0.39, 0.29) is 17.5 Å². The minimum atomic E-state index is -1.29. The molecule has 2 atom stereocenters. The first kappa shape index (κ1) is 17.1. The summed E-state index contributed by atoms with van der Waals surface area (Å²) in [6.07, 6.45) is 6.13. The lowest BCUT2D eigenvalue weighted by Crippen LogP contribution is -2.38. The van der Waals surface area contributed by atoms with Crippen molar-refractivity contribution in [3.05, 3.63) is 35.6 Å². The number of hydrogen-bond acceptors (Lipinski definition) is 2. The van der Waals surface area contributed by atoms with Gasteiger partial charge in [0.25, 0.3) is 0 Å². The highest BCUT2D eigenvalue weighted by Gasteiger charge is 2.21. The van der Waals surface area contributed by atoms with E-state index in [1.54, 1.807) is 19.1 Å². The molecular weight excluding hydrogens is 301 g/mol. The maximum atomic E-state index is 12.8. The zero-order valence-electron chi connectivity index (χ0n) is 13.0. The molecule has 1 aliphatic carbocycles. The molecule has 3 nitrogen and oxygen atoms in total. The summed E-state index contributed by atoms with van der Waals surface area (Å²) in [5.41, 5.74) is 0.784. The van der Waals surface area contributed by atoms with Gasteiger partial charge in [-0.1, -0.05) is 31.4 Å². The first-order valence-electron chi connectivity index (χ1n) is 7.95. The Balaban J connectivity index is 1.78. The molecule has 1 saturated carbocycles. The summed E-state index contributed by atoms with van der Waals surface area (Å²) in [5, 5.41) is 2.39. The Hall–Kier alpha value is -1.23. The molecule has 0 radical (unpaired) electrons. The fraction of sp³-hybridized carbons (Fsp3) is 0.588. The lowest BCUT2D eigenvalue weighted by atomic mass is 9.89. The van der Waals surface area contributed by atoms with E-state index in [9.17, 15) is 13.4 Å². The molecule has 1 amide bonds. The van der Waals surface area contributed by atoms with E-state index in [0.717, 1.165) is 5.56 Å². The summed E-state index contributed by atoms with van der Waals surface area (Å²) in [6, 6.07) is 5.92. The minimum absolute atomic E-state index is 0.147. The van der Waals surface area contributed by atoms with Crippen molar-refractivity contribution >= 4 is 16.7 Å². The Labute approximate surface area is 134 Å². The number of benzene rings is 1. The van der Waals surface area contributed by atoms with Crippen LogP contribution in [0, 0.1) is 11.7 Å². The maximum absolute atomic E-state index is 12.8. The highest BCUT2D eigenvalue weighted by atomic mass is 32.2. The SMILES string of the molecule is CC(C(=O)NCC1CCCCC1)S(=O)Cc1ccc(F)cc1. The molecule has 1 aromatic rings. The summed E-state index contributed by atoms with van der Waals surface area (Å²) in [7, 11) is -1.29. The monoisotopic (exact) mass is 325 g/mol. The van der Waals surface area contributed by atoms with Gasteiger partial charge in [0, 0.05) is 23.1 Å². The quantitative estimate of drug-likeness (QED) is 0.873. The summed E-state index contributed by atoms with van der Waals surface area (Å²) >= 11 is 0. The van der Waals surface area contributed by atoms with Gasteiger partial charge in [-0.25, -0.2) is 4.39 Å². The van der Waals surface area contributed by atoms with Crippen LogP contribution in [-0.4, -0.2) is 21.9 Å². The smallest absolute Gasteiger partial charge is 0.235 e. The fourth-order valence-electron chi connectivity index (χ4n) is 2.77. The molecule has 22 heavy (non-hydrogen) atoms. The van der Waals surface area contributed by atoms with Crippen LogP contribution in [0.4, 0.5) is 4.39 Å². The lowest BCUT2D eigenvalue weighted by molar-refractivity contribution is -0.120. The van der Waals surface area contributed by atoms with Gasteiger partial charge in [0.15, 0.2) is 0 Å². The van der Waals surface area contributed by atoms with Gasteiger partial charge in [-0.2, -0.15) is 0 Å². The zero-order valence-corrected chi connectivity index (χ0v) is 13.8. The van der Waals surface area contributed by atoms with E-state index in [1.165, 1.54) is 44.2 Å². The van der Waals surface area contributed by atoms with Crippen molar-refractivity contribution in [1.29, 1.82) is 0 Å². The molecule has 0 aromatic heterocycles. The van der Waals surface area contributed by atoms with Crippen molar-refractivity contribution in [2.24, 2.45) is 5.92 Å². The average Bonchev–Trinajstić information content (AvgIpc) is 2.55. The van der Waals surface area contributed by atoms with E-state index < -0.39 is 16.0 Å². The van der Waals surface area contributed by atoms with E-state index in [0.29, 0.717) is 12.5 Å². The number of halogens is 1. The van der Waals surface area contributed by atoms with Gasteiger partial charge in [-0.3, -0.25) is 9.00 Å². The molecule has 1 aliphatic rings. The predicted molar refractivity (Wildman–Crippen MR) is 87.3 cm³/mol. The number of nitrogens with one attached hydrogen (secondary N) is 1. The Morgan fingerprint density at radius 3 is 2.55 bits per heavy atom. The molecule has 5 heteroatoms. The molecular formula is C17H24FNO2S. The summed E-state index contributed by atoms with van der Waals surface area (Å²) in [6.45, 7) is 2.38. The second kappa shape index (κ2) is 8.42. The Kier molecular flexibility index (Phi) is 6.55. The van der Waals surface area contributed by atoms with Gasteiger partial charge in [-0.15, -0.1) is 0 Å². The summed E-state index contributed by atoms with van der Waals surface area (Å²) in [5.74, 6) is 0.382. The molecule has 0 spiro atoms. The van der Waals surface area contributed by atoms with E-state index >= 15 is 0 Å². The van der Waals surface area contributed by atoms with Gasteiger partial charge < -0.3 is 5.32 Å². The molecule has 1 fully saturated rings. The van der Waals surface area contributed by atoms with Crippen LogP contribution in [0.3, 0.4) is 0 Å². The van der Waals surface area contributed by atoms with Gasteiger partial charge in [0.1, 0.15) is 11.1 Å². The Bertz CT molecular complexity index is 512. The third-order valence-corrected chi connectivity index (χ3v) is 5.90. The highest BCUT2D eigenvalue weighted by molar-refractivity contribution is 7.85. The molecule has 122 valence electrons. The Morgan fingerprint density at radius 2 is 1.91 bits per heavy atom. The Morgan fingerprint density at radius 1 is 1.27 bits per heavy atom. The standard InChI is InChI=1S/C17H24FNO2S/c1-13(17(20)19-11-14-5-3-2-4-6-14)22(21)12-15-7-9-16(18)10-8-15/h7-10,13-14H,2-6,11-12H2,1H3,(H,19,20). The maximum Gasteiger partial charge on any atom is 0.235 e. The predicted octanol–water partition coefficient (Wildman–Crippen LogP) is 3.16. The van der Waals surface area contributed by atoms with Crippen LogP contribution in [0.1, 0.15) is 44.6 Å². The second-order valence-corrected chi connectivity index (χ2v) is 7.80. The van der Waals surface area contributed by atoms with Gasteiger partial charge in [0.2, 0.25) is 5.91 Å². The highest BCUT2D eigenvalue weighted by Crippen LogP contribution is 2.22. The van der Waals surface area contributed by atoms with Crippen molar-refractivity contribution in [2.45, 2.75) is 50.0 Å². The largest absolute Gasteiger partial charge is 0.355 e. The van der Waals surface area contributed by atoms with Crippen molar-refractivity contribution in [1.82, 2.24) is 5.32 Å². The topological polar surface area (TPSA) is 46.2 Å². The molecule has 1 N–H and O–H groups in total. The van der Waals surface area contributed by atoms with Crippen molar-refractivity contribution in [3.8, 4) is 0 Å². The number of carbonyl (C=O) groups is 1. The van der Waals surface area contributed by atoms with Gasteiger partial charge in [-0.05, 0) is 43.4 Å². The van der Waals surface area contributed by atoms with Crippen molar-refractivity contribution < 1.29 is 13.4 Å². The number of rotatable bonds is 6.